The Balaban J connectivity index is 1.57. The minimum atomic E-state index is -1.23. The number of aryl methyl sites for hydroxylation is 2. The van der Waals surface area contributed by atoms with E-state index in [1.165, 1.54) is 24.1 Å². The molecule has 2 aliphatic rings. The molecule has 0 bridgehead atoms. The van der Waals surface area contributed by atoms with Crippen molar-refractivity contribution in [3.63, 3.8) is 0 Å². The molecule has 0 saturated carbocycles. The van der Waals surface area contributed by atoms with Crippen molar-refractivity contribution < 1.29 is 14.4 Å². The number of anilines is 1. The number of hydrogen-bond donors (Lipinski definition) is 2. The molecule has 2 aromatic rings. The molecule has 0 spiro atoms. The number of amides is 4. The predicted molar refractivity (Wildman–Crippen MR) is 116 cm³/mol. The van der Waals surface area contributed by atoms with Crippen LogP contribution in [0, 0.1) is 0 Å². The van der Waals surface area contributed by atoms with Crippen LogP contribution >= 0.6 is 23.2 Å². The van der Waals surface area contributed by atoms with Gasteiger partial charge in [0.1, 0.15) is 11.6 Å². The lowest BCUT2D eigenvalue weighted by molar-refractivity contribution is -0.136. The summed E-state index contributed by atoms with van der Waals surface area (Å²) in [7, 11) is 0. The molecule has 1 fully saturated rings. The molecule has 8 heteroatoms. The summed E-state index contributed by atoms with van der Waals surface area (Å²) < 4.78 is 0. The van der Waals surface area contributed by atoms with Gasteiger partial charge in [-0.1, -0.05) is 41.4 Å². The van der Waals surface area contributed by atoms with Crippen LogP contribution < -0.4 is 10.6 Å². The zero-order valence-corrected chi connectivity index (χ0v) is 18.1. The number of hydrogen-bond acceptors (Lipinski definition) is 3. The Bertz CT molecular complexity index is 1070. The number of carbonyl (C=O) groups is 3. The normalized spacial score (nSPS) is 21.4. The van der Waals surface area contributed by atoms with Gasteiger partial charge in [0.2, 0.25) is 5.91 Å². The van der Waals surface area contributed by atoms with Crippen molar-refractivity contribution in [1.82, 2.24) is 10.2 Å². The Kier molecular flexibility index (Phi) is 5.24. The summed E-state index contributed by atoms with van der Waals surface area (Å²) in [4.78, 5) is 39.7. The second-order valence-electron chi connectivity index (χ2n) is 7.86. The Hall–Kier alpha value is -2.57. The maximum Gasteiger partial charge on any atom is 0.326 e. The van der Waals surface area contributed by atoms with Crippen LogP contribution in [0.15, 0.2) is 36.4 Å². The van der Waals surface area contributed by atoms with Crippen LogP contribution in [0.1, 0.15) is 37.0 Å². The maximum absolute atomic E-state index is 13.3. The second kappa shape index (κ2) is 7.60. The largest absolute Gasteiger partial charge is 0.326 e. The van der Waals surface area contributed by atoms with Crippen molar-refractivity contribution in [2.75, 3.05) is 5.32 Å². The number of nitrogens with zero attached hydrogens (tertiary/aromatic N) is 1. The number of nitrogens with one attached hydrogen (secondary N) is 2. The summed E-state index contributed by atoms with van der Waals surface area (Å²) >= 11 is 12.1. The van der Waals surface area contributed by atoms with E-state index in [9.17, 15) is 14.4 Å². The van der Waals surface area contributed by atoms with Crippen molar-refractivity contribution in [2.24, 2.45) is 0 Å². The Morgan fingerprint density at radius 3 is 2.63 bits per heavy atom. The van der Waals surface area contributed by atoms with Crippen molar-refractivity contribution in [2.45, 2.75) is 44.7 Å². The maximum atomic E-state index is 13.3. The van der Waals surface area contributed by atoms with E-state index >= 15 is 0 Å². The van der Waals surface area contributed by atoms with Crippen LogP contribution in [-0.2, 0) is 28.0 Å². The number of carbonyl (C=O) groups excluding carboxylic acids is 3. The first-order valence-electron chi connectivity index (χ1n) is 9.74. The minimum Gasteiger partial charge on any atom is -0.323 e. The molecule has 6 nitrogen and oxygen atoms in total. The SMILES string of the molecule is CC(C(=O)Nc1cc(Cl)ccc1Cl)N1C(=O)NC(C)(c2ccc3c(c2)CCC3)C1=O. The van der Waals surface area contributed by atoms with Crippen LogP contribution in [0.2, 0.25) is 10.0 Å². The van der Waals surface area contributed by atoms with E-state index in [1.807, 2.05) is 18.2 Å². The van der Waals surface area contributed by atoms with Gasteiger partial charge in [0.15, 0.2) is 0 Å². The molecule has 0 radical (unpaired) electrons. The quantitative estimate of drug-likeness (QED) is 0.689. The fourth-order valence-corrected chi connectivity index (χ4v) is 4.38. The molecular formula is C22H21Cl2N3O3. The standard InChI is InChI=1S/C22H21Cl2N3O3/c1-12(19(28)25-18-11-16(23)8-9-17(18)24)27-20(29)22(2,26-21(27)30)15-7-6-13-4-3-5-14(13)10-15/h6-12H,3-5H2,1-2H3,(H,25,28)(H,26,30). The fraction of sp³-hybridized carbons (Fsp3) is 0.318. The molecule has 2 aromatic carbocycles. The molecule has 4 rings (SSSR count). The lowest BCUT2D eigenvalue weighted by Gasteiger charge is -2.25. The van der Waals surface area contributed by atoms with Gasteiger partial charge < -0.3 is 10.6 Å². The summed E-state index contributed by atoms with van der Waals surface area (Å²) in [6.45, 7) is 3.17. The van der Waals surface area contributed by atoms with Crippen LogP contribution in [-0.4, -0.2) is 28.8 Å². The zero-order valence-electron chi connectivity index (χ0n) is 16.6. The van der Waals surface area contributed by atoms with Gasteiger partial charge in [-0.2, -0.15) is 0 Å². The smallest absolute Gasteiger partial charge is 0.323 e. The third-order valence-electron chi connectivity index (χ3n) is 5.85. The average molecular weight is 446 g/mol. The van der Waals surface area contributed by atoms with Crippen LogP contribution in [0.5, 0.6) is 0 Å². The van der Waals surface area contributed by atoms with E-state index in [-0.39, 0.29) is 0 Å². The lowest BCUT2D eigenvalue weighted by atomic mass is 9.89. The highest BCUT2D eigenvalue weighted by atomic mass is 35.5. The van der Waals surface area contributed by atoms with Crippen molar-refractivity contribution in [1.29, 1.82) is 0 Å². The number of urea groups is 1. The van der Waals surface area contributed by atoms with E-state index < -0.39 is 29.4 Å². The minimum absolute atomic E-state index is 0.306. The first-order chi connectivity index (χ1) is 14.2. The molecule has 4 amide bonds. The number of halogens is 2. The van der Waals surface area contributed by atoms with Gasteiger partial charge in [-0.3, -0.25) is 9.59 Å². The number of rotatable bonds is 4. The van der Waals surface area contributed by atoms with Gasteiger partial charge >= 0.3 is 6.03 Å². The van der Waals surface area contributed by atoms with Gasteiger partial charge in [0, 0.05) is 5.02 Å². The molecule has 2 unspecified atom stereocenters. The number of benzene rings is 2. The highest BCUT2D eigenvalue weighted by Gasteiger charge is 2.52. The van der Waals surface area contributed by atoms with Crippen LogP contribution in [0.4, 0.5) is 10.5 Å². The fourth-order valence-electron chi connectivity index (χ4n) is 4.04. The van der Waals surface area contributed by atoms with Crippen molar-refractivity contribution in [3.05, 3.63) is 63.1 Å². The van der Waals surface area contributed by atoms with Crippen LogP contribution in [0.25, 0.3) is 0 Å². The van der Waals surface area contributed by atoms with Gasteiger partial charge in [-0.25, -0.2) is 9.69 Å². The molecule has 2 N–H and O–H groups in total. The molecule has 1 aliphatic heterocycles. The number of imide groups is 1. The summed E-state index contributed by atoms with van der Waals surface area (Å²) in [5.41, 5.74) is 2.29. The van der Waals surface area contributed by atoms with Crippen molar-refractivity contribution in [3.8, 4) is 0 Å². The summed E-state index contributed by atoms with van der Waals surface area (Å²) in [6, 6.07) is 8.90. The third kappa shape index (κ3) is 3.44. The molecule has 1 heterocycles. The van der Waals surface area contributed by atoms with E-state index in [0.29, 0.717) is 15.7 Å². The van der Waals surface area contributed by atoms with E-state index in [2.05, 4.69) is 10.6 Å². The van der Waals surface area contributed by atoms with E-state index in [1.54, 1.807) is 19.1 Å². The Morgan fingerprint density at radius 1 is 1.13 bits per heavy atom. The molecule has 1 aliphatic carbocycles. The monoisotopic (exact) mass is 445 g/mol. The Labute approximate surface area is 184 Å². The first-order valence-corrected chi connectivity index (χ1v) is 10.5. The average Bonchev–Trinajstić information content (AvgIpc) is 3.26. The summed E-state index contributed by atoms with van der Waals surface area (Å²) in [5, 5.41) is 6.12. The highest BCUT2D eigenvalue weighted by molar-refractivity contribution is 6.35. The van der Waals surface area contributed by atoms with Gasteiger partial charge in [-0.05, 0) is 68.0 Å². The van der Waals surface area contributed by atoms with Gasteiger partial charge in [0.25, 0.3) is 5.91 Å². The second-order valence-corrected chi connectivity index (χ2v) is 8.70. The third-order valence-corrected chi connectivity index (χ3v) is 6.42. The zero-order chi connectivity index (χ0) is 21.6. The summed E-state index contributed by atoms with van der Waals surface area (Å²) in [5.74, 6) is -1.01. The van der Waals surface area contributed by atoms with Gasteiger partial charge in [0.05, 0.1) is 10.7 Å². The van der Waals surface area contributed by atoms with Crippen LogP contribution in [0.3, 0.4) is 0 Å². The predicted octanol–water partition coefficient (Wildman–Crippen LogP) is 4.28. The molecular weight excluding hydrogens is 425 g/mol. The highest BCUT2D eigenvalue weighted by Crippen LogP contribution is 2.34. The molecule has 30 heavy (non-hydrogen) atoms. The number of fused-ring (bicyclic) bond motifs is 1. The van der Waals surface area contributed by atoms with Crippen molar-refractivity contribution >= 4 is 46.7 Å². The summed E-state index contributed by atoms with van der Waals surface area (Å²) in [6.07, 6.45) is 3.08. The Morgan fingerprint density at radius 2 is 1.87 bits per heavy atom. The molecule has 0 aromatic heterocycles. The lowest BCUT2D eigenvalue weighted by Crippen LogP contribution is -2.47. The molecule has 156 valence electrons. The topological polar surface area (TPSA) is 78.5 Å². The van der Waals surface area contributed by atoms with Gasteiger partial charge in [-0.15, -0.1) is 0 Å². The van der Waals surface area contributed by atoms with E-state index in [0.717, 1.165) is 29.7 Å². The first kappa shape index (κ1) is 20.7. The molecule has 1 saturated heterocycles. The van der Waals surface area contributed by atoms with E-state index in [4.69, 9.17) is 23.2 Å². The molecule has 2 atom stereocenters.